The van der Waals surface area contributed by atoms with Crippen LogP contribution in [-0.2, 0) is 19.2 Å². The molecule has 0 aliphatic carbocycles. The Hall–Kier alpha value is -3.58. The molecule has 0 spiro atoms. The summed E-state index contributed by atoms with van der Waals surface area (Å²) in [7, 11) is 2.95. The van der Waals surface area contributed by atoms with Gasteiger partial charge in [-0.15, -0.1) is 0 Å². The molecule has 4 rings (SSSR count). The number of carboxylic acid groups (broad SMARTS) is 1. The Morgan fingerprint density at radius 1 is 1.17 bits per heavy atom. The number of hydrogen-bond acceptors (Lipinski definition) is 9. The van der Waals surface area contributed by atoms with Crippen LogP contribution in [0.4, 0.5) is 4.79 Å². The number of hydroxylamine groups is 2. The van der Waals surface area contributed by atoms with Crippen LogP contribution < -0.4 is 14.2 Å². The van der Waals surface area contributed by atoms with Crippen LogP contribution in [0.25, 0.3) is 0 Å². The summed E-state index contributed by atoms with van der Waals surface area (Å²) in [5.74, 6) is -1.50. The number of fused-ring (bicyclic) bond motifs is 1. The molecule has 3 aliphatic rings. The summed E-state index contributed by atoms with van der Waals surface area (Å²) >= 11 is 0. The quantitative estimate of drug-likeness (QED) is 0.348. The first-order valence-corrected chi connectivity index (χ1v) is 14.1. The van der Waals surface area contributed by atoms with E-state index in [1.54, 1.807) is 17.0 Å². The lowest BCUT2D eigenvalue weighted by atomic mass is 9.84. The number of imide groups is 1. The Labute approximate surface area is 239 Å². The molecule has 2 fully saturated rings. The van der Waals surface area contributed by atoms with Crippen molar-refractivity contribution in [1.82, 2.24) is 19.8 Å². The molecule has 0 aromatic heterocycles. The Kier molecular flexibility index (Phi) is 9.92. The number of amides is 4. The van der Waals surface area contributed by atoms with Crippen LogP contribution in [0.15, 0.2) is 12.1 Å². The predicted octanol–water partition coefficient (Wildman–Crippen LogP) is 2.15. The normalized spacial score (nSPS) is 22.4. The molecule has 1 aromatic rings. The highest BCUT2D eigenvalue weighted by Crippen LogP contribution is 2.47. The number of aliphatic carboxylic acids is 1. The van der Waals surface area contributed by atoms with E-state index >= 15 is 0 Å². The second-order valence-corrected chi connectivity index (χ2v) is 10.5. The van der Waals surface area contributed by atoms with E-state index in [1.807, 2.05) is 18.7 Å². The van der Waals surface area contributed by atoms with Gasteiger partial charge in [0, 0.05) is 51.6 Å². The summed E-state index contributed by atoms with van der Waals surface area (Å²) in [4.78, 5) is 61.1. The van der Waals surface area contributed by atoms with E-state index in [-0.39, 0.29) is 51.2 Å². The van der Waals surface area contributed by atoms with Crippen molar-refractivity contribution < 1.29 is 43.3 Å². The van der Waals surface area contributed by atoms with E-state index in [4.69, 9.17) is 19.0 Å². The number of nitrogens with zero attached hydrogens (tertiary/aromatic N) is 4. The molecule has 0 unspecified atom stereocenters. The van der Waals surface area contributed by atoms with Crippen molar-refractivity contribution in [2.45, 2.75) is 51.5 Å². The molecule has 13 nitrogen and oxygen atoms in total. The Morgan fingerprint density at radius 3 is 2.63 bits per heavy atom. The minimum absolute atomic E-state index is 0.0389. The lowest BCUT2D eigenvalue weighted by molar-refractivity contribution is -0.188. The second kappa shape index (κ2) is 13.4. The molecule has 0 radical (unpaired) electrons. The van der Waals surface area contributed by atoms with E-state index in [0.29, 0.717) is 48.8 Å². The lowest BCUT2D eigenvalue weighted by Gasteiger charge is -2.34. The van der Waals surface area contributed by atoms with Gasteiger partial charge >= 0.3 is 12.0 Å². The van der Waals surface area contributed by atoms with Gasteiger partial charge in [0.2, 0.25) is 18.4 Å². The third-order valence-corrected chi connectivity index (χ3v) is 7.86. The van der Waals surface area contributed by atoms with Gasteiger partial charge < -0.3 is 24.2 Å². The van der Waals surface area contributed by atoms with Crippen molar-refractivity contribution in [1.29, 1.82) is 0 Å². The largest absolute Gasteiger partial charge is 0.493 e. The molecular formula is C28H40N4O9. The molecule has 2 saturated heterocycles. The SMILES string of the molecule is CCCON(CCC)C(=O)CN1C[C@H](c2cc(OC)c3c(c2)OCO3)[C@@H](C(=O)O)[C@@H]1CCN1CCC(=O)N(C)C1=O. The Bertz CT molecular complexity index is 1150. The minimum atomic E-state index is -1.00. The fourth-order valence-corrected chi connectivity index (χ4v) is 5.78. The lowest BCUT2D eigenvalue weighted by Crippen LogP contribution is -2.52. The van der Waals surface area contributed by atoms with Gasteiger partial charge in [-0.05, 0) is 37.0 Å². The summed E-state index contributed by atoms with van der Waals surface area (Å²) in [6.45, 7) is 5.53. The smallest absolute Gasteiger partial charge is 0.326 e. The van der Waals surface area contributed by atoms with Crippen LogP contribution in [0.1, 0.15) is 51.0 Å². The van der Waals surface area contributed by atoms with Crippen LogP contribution in [0.2, 0.25) is 0 Å². The summed E-state index contributed by atoms with van der Waals surface area (Å²) < 4.78 is 16.6. The maximum absolute atomic E-state index is 13.4. The molecule has 0 bridgehead atoms. The highest BCUT2D eigenvalue weighted by Gasteiger charge is 2.48. The Morgan fingerprint density at radius 2 is 1.95 bits per heavy atom. The molecule has 3 atom stereocenters. The minimum Gasteiger partial charge on any atom is -0.493 e. The standard InChI is InChI=1S/C28H40N4O9/c1-5-9-32(41-12-6-2)24(34)16-31-15-19(18-13-21(38-4)26-22(14-18)39-17-40-26)25(27(35)36)20(31)7-10-30-11-8-23(33)29(3)28(30)37/h13-14,19-20,25H,5-12,15-17H2,1-4H3,(H,35,36)/t19-,20+,25-/m1/s1. The molecule has 226 valence electrons. The van der Waals surface area contributed by atoms with Gasteiger partial charge in [-0.2, -0.15) is 0 Å². The summed E-state index contributed by atoms with van der Waals surface area (Å²) in [5.41, 5.74) is 0.700. The van der Waals surface area contributed by atoms with Gasteiger partial charge in [0.05, 0.1) is 26.2 Å². The summed E-state index contributed by atoms with van der Waals surface area (Å²) in [6.07, 6.45) is 1.97. The average molecular weight is 577 g/mol. The van der Waals surface area contributed by atoms with Crippen LogP contribution in [-0.4, -0.2) is 115 Å². The fourth-order valence-electron chi connectivity index (χ4n) is 5.78. The van der Waals surface area contributed by atoms with Crippen molar-refractivity contribution in [2.24, 2.45) is 5.92 Å². The number of urea groups is 1. The highest BCUT2D eigenvalue weighted by atomic mass is 16.7. The zero-order chi connectivity index (χ0) is 29.7. The number of ether oxygens (including phenoxy) is 3. The van der Waals surface area contributed by atoms with Gasteiger partial charge in [0.25, 0.3) is 5.91 Å². The van der Waals surface area contributed by atoms with Crippen LogP contribution in [0.3, 0.4) is 0 Å². The summed E-state index contributed by atoms with van der Waals surface area (Å²) in [5, 5.41) is 11.9. The van der Waals surface area contributed by atoms with E-state index in [1.165, 1.54) is 19.2 Å². The maximum Gasteiger partial charge on any atom is 0.326 e. The van der Waals surface area contributed by atoms with Crippen molar-refractivity contribution in [3.8, 4) is 17.2 Å². The molecule has 13 heteroatoms. The number of benzene rings is 1. The van der Waals surface area contributed by atoms with E-state index in [9.17, 15) is 24.3 Å². The predicted molar refractivity (Wildman–Crippen MR) is 146 cm³/mol. The second-order valence-electron chi connectivity index (χ2n) is 10.5. The van der Waals surface area contributed by atoms with Gasteiger partial charge in [-0.25, -0.2) is 9.86 Å². The zero-order valence-electron chi connectivity index (χ0n) is 24.2. The van der Waals surface area contributed by atoms with Crippen molar-refractivity contribution >= 4 is 23.8 Å². The maximum atomic E-state index is 13.4. The number of rotatable bonds is 13. The molecule has 1 N–H and O–H groups in total. The molecule has 41 heavy (non-hydrogen) atoms. The van der Waals surface area contributed by atoms with Crippen LogP contribution in [0.5, 0.6) is 17.2 Å². The fraction of sp³-hybridized carbons (Fsp3) is 0.643. The summed E-state index contributed by atoms with van der Waals surface area (Å²) in [6, 6.07) is 2.56. The van der Waals surface area contributed by atoms with E-state index in [2.05, 4.69) is 0 Å². The monoisotopic (exact) mass is 576 g/mol. The first kappa shape index (κ1) is 30.4. The first-order chi connectivity index (χ1) is 19.7. The van der Waals surface area contributed by atoms with Gasteiger partial charge in [-0.3, -0.25) is 29.0 Å². The first-order valence-electron chi connectivity index (χ1n) is 14.1. The third-order valence-electron chi connectivity index (χ3n) is 7.86. The van der Waals surface area contributed by atoms with Gasteiger partial charge in [0.15, 0.2) is 11.5 Å². The molecule has 3 heterocycles. The molecule has 1 aromatic carbocycles. The van der Waals surface area contributed by atoms with Crippen LogP contribution >= 0.6 is 0 Å². The van der Waals surface area contributed by atoms with Crippen molar-refractivity contribution in [3.63, 3.8) is 0 Å². The van der Waals surface area contributed by atoms with Crippen molar-refractivity contribution in [3.05, 3.63) is 17.7 Å². The highest BCUT2D eigenvalue weighted by molar-refractivity contribution is 5.96. The van der Waals surface area contributed by atoms with Gasteiger partial charge in [-0.1, -0.05) is 13.8 Å². The zero-order valence-corrected chi connectivity index (χ0v) is 24.2. The average Bonchev–Trinajstić information content (AvgIpc) is 3.57. The van der Waals surface area contributed by atoms with E-state index in [0.717, 1.165) is 11.3 Å². The third kappa shape index (κ3) is 6.51. The number of carbonyl (C=O) groups is 4. The topological polar surface area (TPSA) is 138 Å². The van der Waals surface area contributed by atoms with E-state index < -0.39 is 29.9 Å². The number of carbonyl (C=O) groups excluding carboxylic acids is 3. The molecule has 4 amide bonds. The number of methoxy groups -OCH3 is 1. The molecular weight excluding hydrogens is 536 g/mol. The molecule has 3 aliphatic heterocycles. The number of hydrogen-bond donors (Lipinski definition) is 1. The van der Waals surface area contributed by atoms with Crippen LogP contribution in [0, 0.1) is 5.92 Å². The molecule has 0 saturated carbocycles. The van der Waals surface area contributed by atoms with Crippen molar-refractivity contribution in [2.75, 3.05) is 60.3 Å². The number of likely N-dealkylation sites (tertiary alicyclic amines) is 1. The number of carboxylic acids is 1. The van der Waals surface area contributed by atoms with Gasteiger partial charge in [0.1, 0.15) is 0 Å². The Balaban J connectivity index is 1.63.